The predicted octanol–water partition coefficient (Wildman–Crippen LogP) is 1.73. The number of nitrogens with one attached hydrogen (secondary N) is 1. The van der Waals surface area contributed by atoms with Crippen LogP contribution in [-0.2, 0) is 3.83 Å². The zero-order chi connectivity index (χ0) is 15.4. The van der Waals surface area contributed by atoms with Crippen molar-refractivity contribution in [2.75, 3.05) is 7.05 Å². The van der Waals surface area contributed by atoms with Gasteiger partial charge in [0.2, 0.25) is 0 Å². The fourth-order valence-corrected chi connectivity index (χ4v) is 3.35. The van der Waals surface area contributed by atoms with Crippen molar-refractivity contribution >= 4 is 26.5 Å². The Balaban J connectivity index is 2.34. The van der Waals surface area contributed by atoms with E-state index in [0.717, 1.165) is 25.7 Å². The first-order valence-electron chi connectivity index (χ1n) is 6.82. The molecule has 0 aromatic carbocycles. The van der Waals surface area contributed by atoms with E-state index in [1.807, 2.05) is 11.9 Å². The van der Waals surface area contributed by atoms with Crippen LogP contribution in [0.2, 0.25) is 0 Å². The second-order valence-corrected chi connectivity index (χ2v) is 5.85. The van der Waals surface area contributed by atoms with Crippen LogP contribution in [0, 0.1) is 15.5 Å². The van der Waals surface area contributed by atoms with Gasteiger partial charge < -0.3 is 0 Å². The van der Waals surface area contributed by atoms with Gasteiger partial charge in [-0.3, -0.25) is 0 Å². The van der Waals surface area contributed by atoms with Crippen LogP contribution in [0.4, 0.5) is 0 Å². The Morgan fingerprint density at radius 1 is 1.38 bits per heavy atom. The van der Waals surface area contributed by atoms with Crippen LogP contribution in [-0.4, -0.2) is 49.4 Å². The van der Waals surface area contributed by atoms with Crippen molar-refractivity contribution < 1.29 is 8.76 Å². The number of hydrogen-bond acceptors (Lipinski definition) is 5. The first kappa shape index (κ1) is 15.7. The van der Waals surface area contributed by atoms with Gasteiger partial charge in [-0.25, -0.2) is 0 Å². The summed E-state index contributed by atoms with van der Waals surface area (Å²) in [5.74, 6) is 0. The Labute approximate surface area is 129 Å². The second-order valence-electron chi connectivity index (χ2n) is 5.15. The van der Waals surface area contributed by atoms with Crippen LogP contribution >= 0.6 is 0 Å². The van der Waals surface area contributed by atoms with Crippen molar-refractivity contribution in [3.05, 3.63) is 33.7 Å². The van der Waals surface area contributed by atoms with Gasteiger partial charge in [0.05, 0.1) is 0 Å². The summed E-state index contributed by atoms with van der Waals surface area (Å²) in [6, 6.07) is 0.340. The van der Waals surface area contributed by atoms with Crippen LogP contribution in [0.25, 0.3) is 0 Å². The van der Waals surface area contributed by atoms with Crippen molar-refractivity contribution in [1.29, 1.82) is 5.41 Å². The van der Waals surface area contributed by atoms with E-state index >= 15 is 0 Å². The number of nitro groups is 1. The molecule has 0 aliphatic heterocycles. The van der Waals surface area contributed by atoms with Gasteiger partial charge >= 0.3 is 128 Å². The van der Waals surface area contributed by atoms with E-state index in [9.17, 15) is 13.9 Å². The van der Waals surface area contributed by atoms with E-state index in [2.05, 4.69) is 4.01 Å². The molecule has 0 aromatic heterocycles. The summed E-state index contributed by atoms with van der Waals surface area (Å²) in [4.78, 5) is 12.3. The normalized spacial score (nSPS) is 21.8. The molecular formula is C13H17N4O3Se. The average molecular weight is 356 g/mol. The summed E-state index contributed by atoms with van der Waals surface area (Å²) in [7, 11) is 1.91. The Morgan fingerprint density at radius 2 is 2.05 bits per heavy atom. The molecule has 0 bridgehead atoms. The van der Waals surface area contributed by atoms with Crippen LogP contribution < -0.4 is 0 Å². The van der Waals surface area contributed by atoms with Gasteiger partial charge in [-0.1, -0.05) is 0 Å². The van der Waals surface area contributed by atoms with E-state index < -0.39 is 20.0 Å². The molecule has 7 nitrogen and oxygen atoms in total. The summed E-state index contributed by atoms with van der Waals surface area (Å²) in [6.45, 7) is 0. The minimum absolute atomic E-state index is 0.160. The van der Waals surface area contributed by atoms with Crippen molar-refractivity contribution in [1.82, 2.24) is 4.90 Å². The molecule has 2 aliphatic carbocycles. The monoisotopic (exact) mass is 357 g/mol. The van der Waals surface area contributed by atoms with Crippen molar-refractivity contribution in [3.63, 3.8) is 0 Å². The van der Waals surface area contributed by atoms with Crippen molar-refractivity contribution in [2.24, 2.45) is 4.01 Å². The molecule has 1 N–H and O–H groups in total. The maximum atomic E-state index is 10.9. The molecule has 1 radical (unpaired) electrons. The van der Waals surface area contributed by atoms with Gasteiger partial charge in [0.15, 0.2) is 0 Å². The molecule has 0 atom stereocenters. The average Bonchev–Trinajstić information content (AvgIpc) is 2.49. The number of allylic oxidation sites excluding steroid dienone is 4. The molecule has 8 heteroatoms. The Bertz CT molecular complexity index is 562. The molecule has 1 fully saturated rings. The third-order valence-corrected chi connectivity index (χ3v) is 4.50. The van der Waals surface area contributed by atoms with E-state index in [0.29, 0.717) is 11.7 Å². The molecule has 0 spiro atoms. The van der Waals surface area contributed by atoms with Crippen molar-refractivity contribution in [2.45, 2.75) is 38.1 Å². The fourth-order valence-electron chi connectivity index (χ4n) is 2.80. The molecule has 2 aliphatic rings. The summed E-state index contributed by atoms with van der Waals surface area (Å²) in [6.07, 6.45) is 8.60. The molecule has 2 rings (SSSR count). The summed E-state index contributed by atoms with van der Waals surface area (Å²) < 4.78 is 14.7. The van der Waals surface area contributed by atoms with Gasteiger partial charge in [-0.2, -0.15) is 0 Å². The zero-order valence-electron chi connectivity index (χ0n) is 11.7. The van der Waals surface area contributed by atoms with Crippen LogP contribution in [0.1, 0.15) is 32.1 Å². The van der Waals surface area contributed by atoms with E-state index in [1.165, 1.54) is 12.5 Å². The Hall–Kier alpha value is -1.66. The molecule has 0 amide bonds. The van der Waals surface area contributed by atoms with E-state index in [-0.39, 0.29) is 17.1 Å². The quantitative estimate of drug-likeness (QED) is 0.359. The molecule has 0 unspecified atom stereocenters. The minimum atomic E-state index is -1.27. The molecule has 1 saturated carbocycles. The van der Waals surface area contributed by atoms with E-state index in [1.54, 1.807) is 6.08 Å². The van der Waals surface area contributed by atoms with E-state index in [4.69, 9.17) is 5.41 Å². The van der Waals surface area contributed by atoms with Gasteiger partial charge in [-0.15, -0.1) is 0 Å². The van der Waals surface area contributed by atoms with Crippen molar-refractivity contribution in [3.8, 4) is 0 Å². The number of nitrogens with zero attached hydrogens (tertiary/aromatic N) is 3. The molecule has 0 aromatic rings. The molecule has 0 heterocycles. The Kier molecular flexibility index (Phi) is 5.14. The maximum absolute atomic E-state index is 10.9. The topological polar surface area (TPSA) is 99.7 Å². The number of hydrogen-bond donors (Lipinski definition) is 1. The molecule has 113 valence electrons. The third-order valence-electron chi connectivity index (χ3n) is 3.96. The van der Waals surface area contributed by atoms with Gasteiger partial charge in [-0.05, 0) is 0 Å². The standard InChI is InChI=1S/C13H17N4O3Se/c1-16(9-5-3-2-4-6-9)11-8-7-10(17(18)19)12(14)13(11)15-21-20/h7-9,14H,2-6H2,1H3/b14-12?,15-13-. The molecule has 21 heavy (non-hydrogen) atoms. The van der Waals surface area contributed by atoms with Gasteiger partial charge in [0.1, 0.15) is 0 Å². The van der Waals surface area contributed by atoms with Gasteiger partial charge in [0.25, 0.3) is 0 Å². The summed E-state index contributed by atoms with van der Waals surface area (Å²) in [5.41, 5.74) is 0.235. The summed E-state index contributed by atoms with van der Waals surface area (Å²) in [5, 5.41) is 18.9. The van der Waals surface area contributed by atoms with Gasteiger partial charge in [0, 0.05) is 0 Å². The second kappa shape index (κ2) is 6.87. The molecule has 0 saturated heterocycles. The first-order valence-corrected chi connectivity index (χ1v) is 8.28. The first-order chi connectivity index (χ1) is 10.1. The SMILES string of the molecule is CN(C1=CC=C([N+](=O)[O-])C(=N)/C1=N\[Se]=O)C1CCCCC1. The third kappa shape index (κ3) is 3.33. The summed E-state index contributed by atoms with van der Waals surface area (Å²) >= 11 is -1.27. The predicted molar refractivity (Wildman–Crippen MR) is 79.4 cm³/mol. The van der Waals surface area contributed by atoms with Crippen LogP contribution in [0.15, 0.2) is 27.6 Å². The van der Waals surface area contributed by atoms with Crippen LogP contribution in [0.3, 0.4) is 0 Å². The zero-order valence-corrected chi connectivity index (χ0v) is 13.5. The number of rotatable bonds is 4. The Morgan fingerprint density at radius 3 is 2.62 bits per heavy atom. The fraction of sp³-hybridized carbons (Fsp3) is 0.538. The molecular weight excluding hydrogens is 339 g/mol. The van der Waals surface area contributed by atoms with Crippen LogP contribution in [0.5, 0.6) is 0 Å².